The summed E-state index contributed by atoms with van der Waals surface area (Å²) < 4.78 is 19.3. The van der Waals surface area contributed by atoms with Gasteiger partial charge in [0, 0.05) is 11.3 Å². The van der Waals surface area contributed by atoms with Crippen LogP contribution >= 0.6 is 0 Å². The van der Waals surface area contributed by atoms with E-state index < -0.39 is 23.5 Å². The Bertz CT molecular complexity index is 1250. The lowest BCUT2D eigenvalue weighted by Crippen LogP contribution is -2.29. The Balaban J connectivity index is 1.92. The van der Waals surface area contributed by atoms with Crippen LogP contribution in [0, 0.1) is 12.7 Å². The molecular formula is C27H24FNO4. The molecule has 1 heterocycles. The van der Waals surface area contributed by atoms with Crippen molar-refractivity contribution in [1.29, 1.82) is 0 Å². The minimum atomic E-state index is -0.869. The number of aryl methyl sites for hydroxylation is 1. The number of halogens is 1. The highest BCUT2D eigenvalue weighted by Gasteiger charge is 2.47. The first kappa shape index (κ1) is 22.3. The van der Waals surface area contributed by atoms with E-state index in [1.54, 1.807) is 24.3 Å². The number of aliphatic hydroxyl groups is 1. The molecule has 3 aromatic rings. The van der Waals surface area contributed by atoms with Crippen molar-refractivity contribution >= 4 is 23.1 Å². The van der Waals surface area contributed by atoms with E-state index in [1.165, 1.54) is 29.2 Å². The Labute approximate surface area is 191 Å². The van der Waals surface area contributed by atoms with E-state index in [9.17, 15) is 19.1 Å². The van der Waals surface area contributed by atoms with Gasteiger partial charge in [0.05, 0.1) is 17.7 Å². The molecule has 0 spiro atoms. The predicted octanol–water partition coefficient (Wildman–Crippen LogP) is 5.55. The molecule has 168 valence electrons. The van der Waals surface area contributed by atoms with Crippen LogP contribution in [0.25, 0.3) is 5.76 Å². The standard InChI is InChI=1S/C27H24FNO4/c1-16(2)33-21-9-6-8-18(15-21)25(30)23-24(22-10-5-4-7-17(22)3)29(27(32)26(23)31)20-13-11-19(28)12-14-20/h4-16,24,30H,1-3H3/b25-23+. The lowest BCUT2D eigenvalue weighted by atomic mass is 9.92. The third kappa shape index (κ3) is 4.24. The molecule has 1 fully saturated rings. The van der Waals surface area contributed by atoms with Gasteiger partial charge in [-0.1, -0.05) is 36.4 Å². The lowest BCUT2D eigenvalue weighted by molar-refractivity contribution is -0.132. The number of carbonyl (C=O) groups is 2. The van der Waals surface area contributed by atoms with Crippen molar-refractivity contribution in [3.05, 3.63) is 101 Å². The van der Waals surface area contributed by atoms with Crippen molar-refractivity contribution in [2.45, 2.75) is 32.9 Å². The maximum Gasteiger partial charge on any atom is 0.300 e. The lowest BCUT2D eigenvalue weighted by Gasteiger charge is -2.26. The molecule has 1 atom stereocenters. The normalized spacial score (nSPS) is 17.6. The monoisotopic (exact) mass is 445 g/mol. The average Bonchev–Trinajstić information content (AvgIpc) is 3.04. The number of benzene rings is 3. The summed E-state index contributed by atoms with van der Waals surface area (Å²) >= 11 is 0. The second kappa shape index (κ2) is 8.90. The van der Waals surface area contributed by atoms with Gasteiger partial charge >= 0.3 is 0 Å². The van der Waals surface area contributed by atoms with Gasteiger partial charge in [-0.2, -0.15) is 0 Å². The zero-order valence-electron chi connectivity index (χ0n) is 18.6. The van der Waals surface area contributed by atoms with E-state index in [-0.39, 0.29) is 17.4 Å². The zero-order chi connectivity index (χ0) is 23.7. The van der Waals surface area contributed by atoms with Gasteiger partial charge in [-0.25, -0.2) is 4.39 Å². The molecule has 1 N–H and O–H groups in total. The fraction of sp³-hybridized carbons (Fsp3) is 0.185. The third-order valence-electron chi connectivity index (χ3n) is 5.51. The first-order valence-electron chi connectivity index (χ1n) is 10.7. The van der Waals surface area contributed by atoms with Crippen LogP contribution in [-0.2, 0) is 9.59 Å². The fourth-order valence-electron chi connectivity index (χ4n) is 4.03. The summed E-state index contributed by atoms with van der Waals surface area (Å²) in [7, 11) is 0. The number of aliphatic hydroxyl groups excluding tert-OH is 1. The zero-order valence-corrected chi connectivity index (χ0v) is 18.6. The molecule has 0 saturated carbocycles. The number of Topliss-reactive ketones (excluding diaryl/α,β-unsaturated/α-hetero) is 1. The van der Waals surface area contributed by atoms with Gasteiger partial charge in [-0.15, -0.1) is 0 Å². The predicted molar refractivity (Wildman–Crippen MR) is 125 cm³/mol. The van der Waals surface area contributed by atoms with Crippen molar-refractivity contribution in [2.24, 2.45) is 0 Å². The van der Waals surface area contributed by atoms with Gasteiger partial charge in [0.15, 0.2) is 0 Å². The Morgan fingerprint density at radius 2 is 1.70 bits per heavy atom. The number of carbonyl (C=O) groups excluding carboxylic acids is 2. The molecule has 1 saturated heterocycles. The van der Waals surface area contributed by atoms with E-state index in [1.807, 2.05) is 45.0 Å². The number of anilines is 1. The highest BCUT2D eigenvalue weighted by molar-refractivity contribution is 6.51. The maximum atomic E-state index is 13.6. The maximum absolute atomic E-state index is 13.6. The number of ketones is 1. The Hall–Kier alpha value is -3.93. The van der Waals surface area contributed by atoms with Crippen molar-refractivity contribution in [2.75, 3.05) is 4.90 Å². The Kier molecular flexibility index (Phi) is 6.01. The number of ether oxygens (including phenoxy) is 1. The molecule has 1 aliphatic rings. The smallest absolute Gasteiger partial charge is 0.300 e. The average molecular weight is 445 g/mol. The molecule has 1 aliphatic heterocycles. The SMILES string of the molecule is Cc1ccccc1C1/C(=C(\O)c2cccc(OC(C)C)c2)C(=O)C(=O)N1c1ccc(F)cc1. The van der Waals surface area contributed by atoms with E-state index in [0.717, 1.165) is 5.56 Å². The highest BCUT2D eigenvalue weighted by Crippen LogP contribution is 2.43. The van der Waals surface area contributed by atoms with Crippen molar-refractivity contribution in [1.82, 2.24) is 0 Å². The summed E-state index contributed by atoms with van der Waals surface area (Å²) in [6.07, 6.45) is -0.0709. The molecular weight excluding hydrogens is 421 g/mol. The fourth-order valence-corrected chi connectivity index (χ4v) is 4.03. The van der Waals surface area contributed by atoms with Gasteiger partial charge < -0.3 is 9.84 Å². The molecule has 0 radical (unpaired) electrons. The first-order valence-corrected chi connectivity index (χ1v) is 10.7. The van der Waals surface area contributed by atoms with Crippen LogP contribution in [0.2, 0.25) is 0 Å². The summed E-state index contributed by atoms with van der Waals surface area (Å²) in [4.78, 5) is 27.7. The molecule has 3 aromatic carbocycles. The largest absolute Gasteiger partial charge is 0.507 e. The molecule has 4 rings (SSSR count). The van der Waals surface area contributed by atoms with Crippen molar-refractivity contribution in [3.8, 4) is 5.75 Å². The van der Waals surface area contributed by atoms with E-state index in [4.69, 9.17) is 4.74 Å². The van der Waals surface area contributed by atoms with Gasteiger partial charge in [0.1, 0.15) is 17.3 Å². The highest BCUT2D eigenvalue weighted by atomic mass is 19.1. The quantitative estimate of drug-likeness (QED) is 0.318. The molecule has 33 heavy (non-hydrogen) atoms. The molecule has 1 unspecified atom stereocenters. The molecule has 0 aromatic heterocycles. The second-order valence-electron chi connectivity index (χ2n) is 8.20. The number of nitrogens with zero attached hydrogens (tertiary/aromatic N) is 1. The van der Waals surface area contributed by atoms with Crippen LogP contribution in [0.3, 0.4) is 0 Å². The molecule has 0 bridgehead atoms. The third-order valence-corrected chi connectivity index (χ3v) is 5.51. The van der Waals surface area contributed by atoms with Crippen LogP contribution in [0.5, 0.6) is 5.75 Å². The summed E-state index contributed by atoms with van der Waals surface area (Å²) in [5.74, 6) is -1.80. The Morgan fingerprint density at radius 1 is 1.00 bits per heavy atom. The molecule has 5 nitrogen and oxygen atoms in total. The molecule has 6 heteroatoms. The van der Waals surface area contributed by atoms with Crippen LogP contribution in [0.1, 0.15) is 36.6 Å². The second-order valence-corrected chi connectivity index (χ2v) is 8.20. The van der Waals surface area contributed by atoms with Gasteiger partial charge in [-0.05, 0) is 68.3 Å². The minimum absolute atomic E-state index is 0.0275. The van der Waals surface area contributed by atoms with Crippen molar-refractivity contribution in [3.63, 3.8) is 0 Å². The minimum Gasteiger partial charge on any atom is -0.507 e. The summed E-state index contributed by atoms with van der Waals surface area (Å²) in [6, 6.07) is 18.6. The van der Waals surface area contributed by atoms with Crippen LogP contribution in [0.15, 0.2) is 78.4 Å². The van der Waals surface area contributed by atoms with Gasteiger partial charge in [0.25, 0.3) is 11.7 Å². The van der Waals surface area contributed by atoms with E-state index in [2.05, 4.69) is 0 Å². The number of hydrogen-bond acceptors (Lipinski definition) is 4. The van der Waals surface area contributed by atoms with Crippen LogP contribution in [0.4, 0.5) is 10.1 Å². The van der Waals surface area contributed by atoms with Gasteiger partial charge in [0.2, 0.25) is 0 Å². The topological polar surface area (TPSA) is 66.8 Å². The summed E-state index contributed by atoms with van der Waals surface area (Å²) in [5.41, 5.74) is 2.24. The van der Waals surface area contributed by atoms with Gasteiger partial charge in [-0.3, -0.25) is 14.5 Å². The Morgan fingerprint density at radius 3 is 2.36 bits per heavy atom. The van der Waals surface area contributed by atoms with E-state index >= 15 is 0 Å². The molecule has 1 amide bonds. The van der Waals surface area contributed by atoms with Crippen molar-refractivity contribution < 1.29 is 23.8 Å². The first-order chi connectivity index (χ1) is 15.8. The van der Waals surface area contributed by atoms with Crippen LogP contribution in [-0.4, -0.2) is 22.9 Å². The van der Waals surface area contributed by atoms with Crippen LogP contribution < -0.4 is 9.64 Å². The summed E-state index contributed by atoms with van der Waals surface area (Å²) in [6.45, 7) is 5.65. The number of rotatable bonds is 5. The van der Waals surface area contributed by atoms with E-state index in [0.29, 0.717) is 22.6 Å². The number of amides is 1. The number of hydrogen-bond donors (Lipinski definition) is 1. The summed E-state index contributed by atoms with van der Waals surface area (Å²) in [5, 5.41) is 11.3. The molecule has 0 aliphatic carbocycles.